The number of aromatic amines is 1. The Bertz CT molecular complexity index is 1030. The molecule has 2 fully saturated rings. The van der Waals surface area contributed by atoms with Crippen molar-refractivity contribution in [3.63, 3.8) is 0 Å². The van der Waals surface area contributed by atoms with E-state index in [1.165, 1.54) is 16.7 Å². The first-order valence-electron chi connectivity index (χ1n) is 13.5. The third-order valence-corrected chi connectivity index (χ3v) is 8.68. The molecule has 4 rings (SSSR count). The average Bonchev–Trinajstić information content (AvgIpc) is 3.37. The van der Waals surface area contributed by atoms with Gasteiger partial charge in [0.25, 0.3) is 0 Å². The zero-order valence-electron chi connectivity index (χ0n) is 21.9. The first-order valence-corrected chi connectivity index (χ1v) is 13.5. The summed E-state index contributed by atoms with van der Waals surface area (Å²) < 4.78 is 0. The quantitative estimate of drug-likeness (QED) is 0.138. The predicted molar refractivity (Wildman–Crippen MR) is 146 cm³/mol. The zero-order chi connectivity index (χ0) is 25.8. The summed E-state index contributed by atoms with van der Waals surface area (Å²) in [6, 6.07) is 10.5. The fraction of sp³-hybridized carbons (Fsp3) is 0.621. The van der Waals surface area contributed by atoms with Crippen LogP contribution < -0.4 is 10.6 Å². The van der Waals surface area contributed by atoms with E-state index in [0.717, 1.165) is 37.6 Å². The third-order valence-electron chi connectivity index (χ3n) is 8.68. The van der Waals surface area contributed by atoms with Crippen LogP contribution in [0.3, 0.4) is 0 Å². The second kappa shape index (κ2) is 11.4. The second-order valence-corrected chi connectivity index (χ2v) is 11.2. The molecule has 7 heteroatoms. The van der Waals surface area contributed by atoms with Gasteiger partial charge >= 0.3 is 0 Å². The molecule has 36 heavy (non-hydrogen) atoms. The lowest BCUT2D eigenvalue weighted by Crippen LogP contribution is -2.45. The van der Waals surface area contributed by atoms with Crippen molar-refractivity contribution in [1.82, 2.24) is 15.6 Å². The summed E-state index contributed by atoms with van der Waals surface area (Å²) >= 11 is 0. The summed E-state index contributed by atoms with van der Waals surface area (Å²) in [5, 5.41) is 39.9. The number of nitrogens with one attached hydrogen (secondary N) is 3. The Labute approximate surface area is 215 Å². The maximum Gasteiger partial charge on any atom is 0.190 e. The number of H-pyrrole nitrogens is 1. The van der Waals surface area contributed by atoms with E-state index in [4.69, 9.17) is 5.11 Å². The van der Waals surface area contributed by atoms with E-state index in [1.54, 1.807) is 7.05 Å². The molecule has 0 spiro atoms. The van der Waals surface area contributed by atoms with Crippen molar-refractivity contribution in [2.24, 2.45) is 22.7 Å². The Morgan fingerprint density at radius 2 is 1.92 bits per heavy atom. The van der Waals surface area contributed by atoms with Gasteiger partial charge in [-0.2, -0.15) is 0 Å². The van der Waals surface area contributed by atoms with Gasteiger partial charge in [0.2, 0.25) is 0 Å². The molecular formula is C29H44N4O3. The number of hydrogen-bond acceptors (Lipinski definition) is 4. The number of fused-ring (bicyclic) bond motifs is 2. The van der Waals surface area contributed by atoms with Gasteiger partial charge in [0.15, 0.2) is 5.96 Å². The monoisotopic (exact) mass is 496 g/mol. The lowest BCUT2D eigenvalue weighted by atomic mass is 9.74. The molecule has 2 saturated carbocycles. The Hall–Kier alpha value is -2.35. The van der Waals surface area contributed by atoms with Gasteiger partial charge in [-0.05, 0) is 87.1 Å². The van der Waals surface area contributed by atoms with E-state index in [1.807, 2.05) is 13.0 Å². The number of para-hydroxylation sites is 1. The maximum absolute atomic E-state index is 11.8. The molecule has 5 atom stereocenters. The van der Waals surface area contributed by atoms with Gasteiger partial charge in [0.05, 0.1) is 11.2 Å². The average molecular weight is 497 g/mol. The smallest absolute Gasteiger partial charge is 0.190 e. The minimum atomic E-state index is -0.824. The highest BCUT2D eigenvalue weighted by Crippen LogP contribution is 2.54. The summed E-state index contributed by atoms with van der Waals surface area (Å²) in [7, 11) is 1.72. The number of nitrogens with zero attached hydrogens (tertiary/aromatic N) is 1. The van der Waals surface area contributed by atoms with Crippen LogP contribution in [-0.4, -0.2) is 64.2 Å². The van der Waals surface area contributed by atoms with Crippen molar-refractivity contribution in [1.29, 1.82) is 0 Å². The number of aliphatic hydroxyl groups is 3. The molecule has 1 aromatic heterocycles. The van der Waals surface area contributed by atoms with Crippen molar-refractivity contribution in [3.8, 4) is 0 Å². The van der Waals surface area contributed by atoms with E-state index < -0.39 is 11.2 Å². The number of rotatable bonds is 9. The summed E-state index contributed by atoms with van der Waals surface area (Å²) in [4.78, 5) is 7.76. The number of aliphatic imine (C=N–C) groups is 1. The van der Waals surface area contributed by atoms with Crippen LogP contribution in [0.2, 0.25) is 0 Å². The molecule has 6 N–H and O–H groups in total. The highest BCUT2D eigenvalue weighted by molar-refractivity contribution is 5.80. The van der Waals surface area contributed by atoms with Gasteiger partial charge in [-0.1, -0.05) is 30.4 Å². The standard InChI is InChI=1S/C29H44N4O3/c1-20(17-23-18-22-7-4-5-8-26(22)33-23)21-9-11-28(2,35)24-10-12-29(36,25(24)19-21)13-15-32-27(30-3)31-14-6-16-34/h4-5,7-8,18,21,24-25,33-36H,1,6,9-17,19H2,2-3H3,(H2,30,31,32)/t21-,24-,25-,28+,29+/m0/s1. The second-order valence-electron chi connectivity index (χ2n) is 11.2. The van der Waals surface area contributed by atoms with Crippen LogP contribution in [0.4, 0.5) is 0 Å². The highest BCUT2D eigenvalue weighted by Gasteiger charge is 2.54. The van der Waals surface area contributed by atoms with Crippen LogP contribution in [-0.2, 0) is 6.42 Å². The van der Waals surface area contributed by atoms with Gasteiger partial charge in [-0.25, -0.2) is 0 Å². The van der Waals surface area contributed by atoms with Crippen LogP contribution in [0.5, 0.6) is 0 Å². The molecule has 2 aliphatic rings. The number of hydrogen-bond donors (Lipinski definition) is 6. The van der Waals surface area contributed by atoms with Gasteiger partial charge < -0.3 is 30.9 Å². The van der Waals surface area contributed by atoms with Gasteiger partial charge in [0, 0.05) is 44.4 Å². The molecule has 0 unspecified atom stereocenters. The minimum Gasteiger partial charge on any atom is -0.396 e. The molecular weight excluding hydrogens is 452 g/mol. The van der Waals surface area contributed by atoms with Gasteiger partial charge in [0.1, 0.15) is 0 Å². The van der Waals surface area contributed by atoms with Crippen molar-refractivity contribution in [3.05, 3.63) is 48.2 Å². The number of aromatic nitrogens is 1. The molecule has 0 aliphatic heterocycles. The van der Waals surface area contributed by atoms with Crippen molar-refractivity contribution in [2.45, 2.75) is 69.5 Å². The van der Waals surface area contributed by atoms with Crippen LogP contribution >= 0.6 is 0 Å². The lowest BCUT2D eigenvalue weighted by molar-refractivity contribution is -0.0642. The maximum atomic E-state index is 11.8. The van der Waals surface area contributed by atoms with Gasteiger partial charge in [-0.15, -0.1) is 0 Å². The molecule has 1 aromatic carbocycles. The minimum absolute atomic E-state index is 0.0330. The van der Waals surface area contributed by atoms with Crippen molar-refractivity contribution < 1.29 is 15.3 Å². The largest absolute Gasteiger partial charge is 0.396 e. The summed E-state index contributed by atoms with van der Waals surface area (Å²) in [6.45, 7) is 7.84. The number of allylic oxidation sites excluding steroid dienone is 1. The summed E-state index contributed by atoms with van der Waals surface area (Å²) in [6.07, 6.45) is 6.10. The first kappa shape index (κ1) is 26.7. The van der Waals surface area contributed by atoms with Crippen LogP contribution in [0, 0.1) is 17.8 Å². The molecule has 2 aromatic rings. The fourth-order valence-electron chi connectivity index (χ4n) is 6.57. The van der Waals surface area contributed by atoms with E-state index in [-0.39, 0.29) is 24.4 Å². The lowest BCUT2D eigenvalue weighted by Gasteiger charge is -2.37. The third kappa shape index (κ3) is 5.96. The first-order chi connectivity index (χ1) is 17.3. The summed E-state index contributed by atoms with van der Waals surface area (Å²) in [5.41, 5.74) is 1.89. The normalized spacial score (nSPS) is 30.7. The van der Waals surface area contributed by atoms with Crippen molar-refractivity contribution >= 4 is 16.9 Å². The fourth-order valence-corrected chi connectivity index (χ4v) is 6.57. The molecule has 0 bridgehead atoms. The Morgan fingerprint density at radius 3 is 2.67 bits per heavy atom. The zero-order valence-corrected chi connectivity index (χ0v) is 21.9. The van der Waals surface area contributed by atoms with Gasteiger partial charge in [-0.3, -0.25) is 4.99 Å². The SMILES string of the molecule is C=C(Cc1cc2ccccc2[nH]1)[C@H]1CC[C@@](C)(O)[C@H]2CC[C@@](O)(CCNC(=NC)NCCCO)[C@H]2C1. The Balaban J connectivity index is 1.42. The summed E-state index contributed by atoms with van der Waals surface area (Å²) in [5.74, 6) is 1.07. The molecule has 198 valence electrons. The van der Waals surface area contributed by atoms with E-state index in [0.29, 0.717) is 38.3 Å². The molecule has 1 heterocycles. The topological polar surface area (TPSA) is 113 Å². The van der Waals surface area contributed by atoms with E-state index >= 15 is 0 Å². The molecule has 0 saturated heterocycles. The van der Waals surface area contributed by atoms with Crippen molar-refractivity contribution in [2.75, 3.05) is 26.7 Å². The van der Waals surface area contributed by atoms with E-state index in [2.05, 4.69) is 51.5 Å². The Morgan fingerprint density at radius 1 is 1.14 bits per heavy atom. The molecule has 0 amide bonds. The number of benzene rings is 1. The van der Waals surface area contributed by atoms with Crippen LogP contribution in [0.15, 0.2) is 47.5 Å². The predicted octanol–water partition coefficient (Wildman–Crippen LogP) is 3.51. The van der Waals surface area contributed by atoms with Crippen LogP contribution in [0.1, 0.15) is 57.6 Å². The van der Waals surface area contributed by atoms with Crippen LogP contribution in [0.25, 0.3) is 10.9 Å². The number of guanidine groups is 1. The van der Waals surface area contributed by atoms with E-state index in [9.17, 15) is 10.2 Å². The molecule has 2 aliphatic carbocycles. The highest BCUT2D eigenvalue weighted by atomic mass is 16.3. The number of aliphatic hydroxyl groups excluding tert-OH is 1. The molecule has 0 radical (unpaired) electrons. The Kier molecular flexibility index (Phi) is 8.43. The molecule has 7 nitrogen and oxygen atoms in total.